The lowest BCUT2D eigenvalue weighted by Crippen LogP contribution is -1.96. The molecule has 4 nitrogen and oxygen atoms in total. The van der Waals surface area contributed by atoms with E-state index in [9.17, 15) is 4.39 Å². The first kappa shape index (κ1) is 9.89. The van der Waals surface area contributed by atoms with E-state index in [0.29, 0.717) is 22.7 Å². The summed E-state index contributed by atoms with van der Waals surface area (Å²) >= 11 is 0. The number of fused-ring (bicyclic) bond motifs is 1. The molecule has 0 amide bonds. The molecule has 0 saturated carbocycles. The van der Waals surface area contributed by atoms with Gasteiger partial charge in [0.1, 0.15) is 22.9 Å². The highest BCUT2D eigenvalue weighted by molar-refractivity contribution is 5.92. The fourth-order valence-electron chi connectivity index (χ4n) is 1.85. The Morgan fingerprint density at radius 1 is 1.35 bits per heavy atom. The highest BCUT2D eigenvalue weighted by Gasteiger charge is 2.16. The minimum Gasteiger partial charge on any atom is -0.464 e. The van der Waals surface area contributed by atoms with Crippen LogP contribution < -0.4 is 5.73 Å². The summed E-state index contributed by atoms with van der Waals surface area (Å²) in [7, 11) is 1.71. The van der Waals surface area contributed by atoms with Crippen molar-refractivity contribution < 1.29 is 8.81 Å². The van der Waals surface area contributed by atoms with Crippen LogP contribution in [0.2, 0.25) is 0 Å². The smallest absolute Gasteiger partial charge is 0.146 e. The third-order valence-corrected chi connectivity index (χ3v) is 2.74. The number of hydrogen-bond donors (Lipinski definition) is 1. The normalized spacial score (nSPS) is 11.2. The second kappa shape index (κ2) is 3.35. The molecule has 0 fully saturated rings. The molecule has 0 radical (unpaired) electrons. The standard InChI is InChI=1S/C12H10FN3O/c1-16-10(14)6-9(15-16)11-8(13)3-2-7-4-5-17-12(7)11/h2-6H,14H2,1H3. The van der Waals surface area contributed by atoms with Crippen molar-refractivity contribution in [3.05, 3.63) is 36.3 Å². The molecule has 2 N–H and O–H groups in total. The minimum atomic E-state index is -0.370. The number of rotatable bonds is 1. The molecule has 2 aromatic heterocycles. The summed E-state index contributed by atoms with van der Waals surface area (Å²) in [6.07, 6.45) is 1.53. The number of benzene rings is 1. The first-order valence-electron chi connectivity index (χ1n) is 5.12. The van der Waals surface area contributed by atoms with Crippen molar-refractivity contribution in [2.75, 3.05) is 5.73 Å². The molecule has 3 rings (SSSR count). The van der Waals surface area contributed by atoms with Crippen molar-refractivity contribution in [3.63, 3.8) is 0 Å². The molecule has 0 saturated heterocycles. The summed E-state index contributed by atoms with van der Waals surface area (Å²) in [6.45, 7) is 0. The third kappa shape index (κ3) is 1.39. The van der Waals surface area contributed by atoms with Crippen LogP contribution in [0, 0.1) is 5.82 Å². The molecule has 5 heteroatoms. The van der Waals surface area contributed by atoms with E-state index < -0.39 is 0 Å². The molecule has 0 atom stereocenters. The van der Waals surface area contributed by atoms with Gasteiger partial charge in [0.15, 0.2) is 0 Å². The molecular weight excluding hydrogens is 221 g/mol. The molecule has 17 heavy (non-hydrogen) atoms. The van der Waals surface area contributed by atoms with E-state index in [2.05, 4.69) is 5.10 Å². The monoisotopic (exact) mass is 231 g/mol. The number of nitrogen functional groups attached to an aromatic ring is 1. The topological polar surface area (TPSA) is 57.0 Å². The zero-order valence-corrected chi connectivity index (χ0v) is 9.14. The number of nitrogens with zero attached hydrogens (tertiary/aromatic N) is 2. The van der Waals surface area contributed by atoms with Crippen LogP contribution in [-0.2, 0) is 7.05 Å². The Morgan fingerprint density at radius 3 is 2.88 bits per heavy atom. The van der Waals surface area contributed by atoms with Gasteiger partial charge in [-0.15, -0.1) is 0 Å². The van der Waals surface area contributed by atoms with Gasteiger partial charge in [-0.05, 0) is 18.2 Å². The first-order chi connectivity index (χ1) is 8.16. The molecular formula is C12H10FN3O. The highest BCUT2D eigenvalue weighted by atomic mass is 19.1. The van der Waals surface area contributed by atoms with E-state index in [4.69, 9.17) is 10.2 Å². The summed E-state index contributed by atoms with van der Waals surface area (Å²) in [6, 6.07) is 6.48. The first-order valence-corrected chi connectivity index (χ1v) is 5.12. The second-order valence-electron chi connectivity index (χ2n) is 3.84. The van der Waals surface area contributed by atoms with Crippen molar-refractivity contribution in [2.45, 2.75) is 0 Å². The third-order valence-electron chi connectivity index (χ3n) is 2.74. The molecule has 1 aromatic carbocycles. The van der Waals surface area contributed by atoms with Crippen LogP contribution in [0.3, 0.4) is 0 Å². The maximum Gasteiger partial charge on any atom is 0.146 e. The van der Waals surface area contributed by atoms with E-state index in [1.807, 2.05) is 0 Å². The fraction of sp³-hybridized carbons (Fsp3) is 0.0833. The maximum atomic E-state index is 13.9. The summed E-state index contributed by atoms with van der Waals surface area (Å²) in [4.78, 5) is 0. The lowest BCUT2D eigenvalue weighted by molar-refractivity contribution is 0.601. The predicted molar refractivity (Wildman–Crippen MR) is 62.8 cm³/mol. The Hall–Kier alpha value is -2.30. The van der Waals surface area contributed by atoms with Crippen molar-refractivity contribution in [2.24, 2.45) is 7.05 Å². The number of furan rings is 1. The van der Waals surface area contributed by atoms with Crippen LogP contribution in [-0.4, -0.2) is 9.78 Å². The quantitative estimate of drug-likeness (QED) is 0.700. The SMILES string of the molecule is Cn1nc(-c2c(F)ccc3ccoc23)cc1N. The van der Waals surface area contributed by atoms with Gasteiger partial charge in [0.05, 0.1) is 11.8 Å². The number of aryl methyl sites for hydroxylation is 1. The number of hydrogen-bond acceptors (Lipinski definition) is 3. The van der Waals surface area contributed by atoms with Crippen molar-refractivity contribution in [1.29, 1.82) is 0 Å². The number of halogens is 1. The van der Waals surface area contributed by atoms with E-state index in [0.717, 1.165) is 5.39 Å². The zero-order valence-electron chi connectivity index (χ0n) is 9.14. The van der Waals surface area contributed by atoms with Gasteiger partial charge < -0.3 is 10.2 Å². The molecule has 0 bridgehead atoms. The van der Waals surface area contributed by atoms with E-state index in [1.165, 1.54) is 17.0 Å². The van der Waals surface area contributed by atoms with Gasteiger partial charge in [0, 0.05) is 18.5 Å². The molecule has 0 unspecified atom stereocenters. The van der Waals surface area contributed by atoms with Gasteiger partial charge in [0.25, 0.3) is 0 Å². The van der Waals surface area contributed by atoms with Gasteiger partial charge in [-0.25, -0.2) is 4.39 Å². The van der Waals surface area contributed by atoms with Crippen molar-refractivity contribution in [3.8, 4) is 11.3 Å². The van der Waals surface area contributed by atoms with Gasteiger partial charge in [0.2, 0.25) is 0 Å². The minimum absolute atomic E-state index is 0.347. The van der Waals surface area contributed by atoms with Crippen LogP contribution >= 0.6 is 0 Å². The Bertz CT molecular complexity index is 679. The summed E-state index contributed by atoms with van der Waals surface area (Å²) in [5, 5.41) is 5.00. The summed E-state index contributed by atoms with van der Waals surface area (Å²) in [5.74, 6) is 0.105. The molecule has 0 aliphatic rings. The van der Waals surface area contributed by atoms with Gasteiger partial charge >= 0.3 is 0 Å². The Labute approximate surface area is 96.4 Å². The van der Waals surface area contributed by atoms with E-state index in [-0.39, 0.29) is 5.82 Å². The van der Waals surface area contributed by atoms with Crippen LogP contribution in [0.5, 0.6) is 0 Å². The predicted octanol–water partition coefficient (Wildman–Crippen LogP) is 2.55. The van der Waals surface area contributed by atoms with Crippen molar-refractivity contribution >= 4 is 16.8 Å². The lowest BCUT2D eigenvalue weighted by Gasteiger charge is -2.00. The summed E-state index contributed by atoms with van der Waals surface area (Å²) in [5.41, 5.74) is 7.01. The second-order valence-corrected chi connectivity index (χ2v) is 3.84. The van der Waals surface area contributed by atoms with E-state index in [1.54, 1.807) is 25.2 Å². The molecule has 86 valence electrons. The zero-order chi connectivity index (χ0) is 12.0. The largest absolute Gasteiger partial charge is 0.464 e. The number of anilines is 1. The highest BCUT2D eigenvalue weighted by Crippen LogP contribution is 2.31. The molecule has 0 aliphatic carbocycles. The van der Waals surface area contributed by atoms with E-state index >= 15 is 0 Å². The Morgan fingerprint density at radius 2 is 2.18 bits per heavy atom. The molecule has 0 aliphatic heterocycles. The van der Waals surface area contributed by atoms with Crippen LogP contribution in [0.4, 0.5) is 10.2 Å². The van der Waals surface area contributed by atoms with Crippen molar-refractivity contribution in [1.82, 2.24) is 9.78 Å². The fourth-order valence-corrected chi connectivity index (χ4v) is 1.85. The average Bonchev–Trinajstić information content (AvgIpc) is 2.86. The van der Waals surface area contributed by atoms with Gasteiger partial charge in [-0.1, -0.05) is 0 Å². The lowest BCUT2D eigenvalue weighted by atomic mass is 10.1. The Kier molecular flexibility index (Phi) is 1.95. The number of nitrogens with two attached hydrogens (primary N) is 1. The molecule has 3 aromatic rings. The molecule has 2 heterocycles. The maximum absolute atomic E-state index is 13.9. The van der Waals surface area contributed by atoms with Gasteiger partial charge in [-0.2, -0.15) is 5.10 Å². The summed E-state index contributed by atoms with van der Waals surface area (Å²) < 4.78 is 20.7. The average molecular weight is 231 g/mol. The van der Waals surface area contributed by atoms with Gasteiger partial charge in [-0.3, -0.25) is 4.68 Å². The molecule has 0 spiro atoms. The van der Waals surface area contributed by atoms with Crippen LogP contribution in [0.15, 0.2) is 34.9 Å². The number of aromatic nitrogens is 2. The van der Waals surface area contributed by atoms with Crippen LogP contribution in [0.1, 0.15) is 0 Å². The van der Waals surface area contributed by atoms with Crippen LogP contribution in [0.25, 0.3) is 22.2 Å². The Balaban J connectivity index is 2.35.